The molecule has 1 amide bonds. The second-order valence-corrected chi connectivity index (χ2v) is 3.56. The van der Waals surface area contributed by atoms with Gasteiger partial charge in [0.05, 0.1) is 6.04 Å². The molecule has 1 unspecified atom stereocenters. The van der Waals surface area contributed by atoms with Crippen LogP contribution in [0.4, 0.5) is 5.69 Å². The van der Waals surface area contributed by atoms with Crippen LogP contribution in [0, 0.1) is 0 Å². The van der Waals surface area contributed by atoms with Crippen molar-refractivity contribution in [2.45, 2.75) is 18.9 Å². The minimum absolute atomic E-state index is 0.135. The van der Waals surface area contributed by atoms with Crippen molar-refractivity contribution in [3.63, 3.8) is 0 Å². The quantitative estimate of drug-likeness (QED) is 0.642. The molecule has 0 saturated carbocycles. The lowest BCUT2D eigenvalue weighted by Gasteiger charge is -2.09. The van der Waals surface area contributed by atoms with Crippen LogP contribution < -0.4 is 16.1 Å². The summed E-state index contributed by atoms with van der Waals surface area (Å²) in [7, 11) is 0. The van der Waals surface area contributed by atoms with Gasteiger partial charge in [-0.1, -0.05) is 0 Å². The number of aromatic nitrogens is 1. The van der Waals surface area contributed by atoms with Crippen LogP contribution in [-0.4, -0.2) is 23.5 Å². The SMILES string of the molecule is O=C(Nc1c[nH]ccc1=O)C1CCCN1. The highest BCUT2D eigenvalue weighted by Crippen LogP contribution is 2.07. The zero-order chi connectivity index (χ0) is 10.7. The van der Waals surface area contributed by atoms with Gasteiger partial charge in [0.2, 0.25) is 11.3 Å². The van der Waals surface area contributed by atoms with Crippen molar-refractivity contribution in [1.82, 2.24) is 10.3 Å². The van der Waals surface area contributed by atoms with E-state index in [2.05, 4.69) is 15.6 Å². The summed E-state index contributed by atoms with van der Waals surface area (Å²) < 4.78 is 0. The number of amides is 1. The summed E-state index contributed by atoms with van der Waals surface area (Å²) in [5.41, 5.74) is 0.122. The summed E-state index contributed by atoms with van der Waals surface area (Å²) in [6, 6.07) is 1.22. The van der Waals surface area contributed by atoms with Crippen LogP contribution in [-0.2, 0) is 4.79 Å². The molecule has 1 aliphatic heterocycles. The average Bonchev–Trinajstić information content (AvgIpc) is 2.74. The molecule has 0 spiro atoms. The number of carbonyl (C=O) groups is 1. The fraction of sp³-hybridized carbons (Fsp3) is 0.400. The molecule has 1 saturated heterocycles. The number of rotatable bonds is 2. The van der Waals surface area contributed by atoms with Gasteiger partial charge in [-0.05, 0) is 19.4 Å². The summed E-state index contributed by atoms with van der Waals surface area (Å²) in [6.45, 7) is 0.864. The Kier molecular flexibility index (Phi) is 2.82. The number of H-pyrrole nitrogens is 1. The molecule has 1 aromatic heterocycles. The fourth-order valence-corrected chi connectivity index (χ4v) is 1.64. The van der Waals surface area contributed by atoms with Crippen molar-refractivity contribution < 1.29 is 4.79 Å². The van der Waals surface area contributed by atoms with Crippen molar-refractivity contribution in [2.24, 2.45) is 0 Å². The molecule has 5 heteroatoms. The van der Waals surface area contributed by atoms with E-state index in [1.165, 1.54) is 18.5 Å². The Morgan fingerprint density at radius 1 is 1.53 bits per heavy atom. The molecule has 1 atom stereocenters. The largest absolute Gasteiger partial charge is 0.366 e. The van der Waals surface area contributed by atoms with Crippen molar-refractivity contribution in [3.8, 4) is 0 Å². The molecular weight excluding hydrogens is 194 g/mol. The van der Waals surface area contributed by atoms with Gasteiger partial charge in [-0.3, -0.25) is 9.59 Å². The summed E-state index contributed by atoms with van der Waals surface area (Å²) >= 11 is 0. The summed E-state index contributed by atoms with van der Waals surface area (Å²) in [5, 5.41) is 5.68. The van der Waals surface area contributed by atoms with Gasteiger partial charge >= 0.3 is 0 Å². The standard InChI is InChI=1S/C10H13N3O2/c14-9-3-5-11-6-8(9)13-10(15)7-2-1-4-12-7/h3,5-7,12H,1-2,4H2,(H,11,14)(H,13,15). The van der Waals surface area contributed by atoms with Gasteiger partial charge < -0.3 is 15.6 Å². The number of hydrogen-bond donors (Lipinski definition) is 3. The van der Waals surface area contributed by atoms with Crippen LogP contribution in [0.2, 0.25) is 0 Å². The number of pyridine rings is 1. The first kappa shape index (κ1) is 9.92. The van der Waals surface area contributed by atoms with Crippen molar-refractivity contribution in [1.29, 1.82) is 0 Å². The minimum Gasteiger partial charge on any atom is -0.366 e. The predicted octanol–water partition coefficient (Wildman–Crippen LogP) is 0.0654. The highest BCUT2D eigenvalue weighted by Gasteiger charge is 2.22. The van der Waals surface area contributed by atoms with E-state index in [1.54, 1.807) is 0 Å². The maximum Gasteiger partial charge on any atom is 0.241 e. The zero-order valence-corrected chi connectivity index (χ0v) is 8.25. The first-order chi connectivity index (χ1) is 7.27. The number of carbonyl (C=O) groups excluding carboxylic acids is 1. The molecule has 0 aliphatic carbocycles. The van der Waals surface area contributed by atoms with Gasteiger partial charge in [-0.15, -0.1) is 0 Å². The van der Waals surface area contributed by atoms with E-state index >= 15 is 0 Å². The van der Waals surface area contributed by atoms with Gasteiger partial charge in [0.1, 0.15) is 5.69 Å². The lowest BCUT2D eigenvalue weighted by Crippen LogP contribution is -2.36. The Morgan fingerprint density at radius 3 is 3.07 bits per heavy atom. The van der Waals surface area contributed by atoms with E-state index in [-0.39, 0.29) is 17.4 Å². The lowest BCUT2D eigenvalue weighted by atomic mass is 10.2. The van der Waals surface area contributed by atoms with Gasteiger partial charge in [0, 0.05) is 18.5 Å². The van der Waals surface area contributed by atoms with Crippen molar-refractivity contribution in [3.05, 3.63) is 28.7 Å². The molecule has 0 aromatic carbocycles. The normalized spacial score (nSPS) is 20.1. The monoisotopic (exact) mass is 207 g/mol. The van der Waals surface area contributed by atoms with E-state index in [0.29, 0.717) is 5.69 Å². The molecule has 80 valence electrons. The molecule has 0 bridgehead atoms. The Balaban J connectivity index is 2.05. The smallest absolute Gasteiger partial charge is 0.241 e. The Morgan fingerprint density at radius 2 is 2.40 bits per heavy atom. The van der Waals surface area contributed by atoms with Gasteiger partial charge in [-0.2, -0.15) is 0 Å². The summed E-state index contributed by atoms with van der Waals surface area (Å²) in [5.74, 6) is -0.135. The fourth-order valence-electron chi connectivity index (χ4n) is 1.64. The zero-order valence-electron chi connectivity index (χ0n) is 8.25. The predicted molar refractivity (Wildman–Crippen MR) is 56.7 cm³/mol. The Labute approximate surface area is 86.9 Å². The second-order valence-electron chi connectivity index (χ2n) is 3.56. The van der Waals surface area contributed by atoms with Gasteiger partial charge in [0.15, 0.2) is 0 Å². The van der Waals surface area contributed by atoms with Crippen molar-refractivity contribution in [2.75, 3.05) is 11.9 Å². The van der Waals surface area contributed by atoms with Gasteiger partial charge in [0.25, 0.3) is 0 Å². The third-order valence-electron chi connectivity index (χ3n) is 2.46. The number of hydrogen-bond acceptors (Lipinski definition) is 3. The molecule has 1 aromatic rings. The highest BCUT2D eigenvalue weighted by molar-refractivity contribution is 5.94. The highest BCUT2D eigenvalue weighted by atomic mass is 16.2. The second kappa shape index (κ2) is 4.27. The first-order valence-electron chi connectivity index (χ1n) is 4.99. The molecule has 5 nitrogen and oxygen atoms in total. The summed E-state index contributed by atoms with van der Waals surface area (Å²) in [6.07, 6.45) is 4.86. The van der Waals surface area contributed by atoms with E-state index in [1.807, 2.05) is 0 Å². The number of nitrogens with one attached hydrogen (secondary N) is 3. The molecule has 0 radical (unpaired) electrons. The topological polar surface area (TPSA) is 74.0 Å². The van der Waals surface area contributed by atoms with E-state index in [9.17, 15) is 9.59 Å². The van der Waals surface area contributed by atoms with Crippen LogP contribution >= 0.6 is 0 Å². The summed E-state index contributed by atoms with van der Waals surface area (Å²) in [4.78, 5) is 25.7. The molecule has 3 N–H and O–H groups in total. The van der Waals surface area contributed by atoms with E-state index in [4.69, 9.17) is 0 Å². The van der Waals surface area contributed by atoms with Crippen molar-refractivity contribution >= 4 is 11.6 Å². The average molecular weight is 207 g/mol. The molecule has 1 aliphatic rings. The molecule has 2 rings (SSSR count). The number of anilines is 1. The van der Waals surface area contributed by atoms with Crippen LogP contribution in [0.15, 0.2) is 23.3 Å². The third-order valence-corrected chi connectivity index (χ3v) is 2.46. The minimum atomic E-state index is -0.180. The Hall–Kier alpha value is -1.62. The molecule has 2 heterocycles. The van der Waals surface area contributed by atoms with Crippen LogP contribution in [0.5, 0.6) is 0 Å². The number of aromatic amines is 1. The van der Waals surface area contributed by atoms with Crippen LogP contribution in [0.25, 0.3) is 0 Å². The van der Waals surface area contributed by atoms with Crippen LogP contribution in [0.1, 0.15) is 12.8 Å². The molecule has 1 fully saturated rings. The first-order valence-corrected chi connectivity index (χ1v) is 4.99. The molecule has 15 heavy (non-hydrogen) atoms. The van der Waals surface area contributed by atoms with E-state index in [0.717, 1.165) is 19.4 Å². The maximum absolute atomic E-state index is 11.6. The Bertz CT molecular complexity index is 407. The maximum atomic E-state index is 11.6. The van der Waals surface area contributed by atoms with Gasteiger partial charge in [-0.25, -0.2) is 0 Å². The third kappa shape index (κ3) is 2.24. The van der Waals surface area contributed by atoms with E-state index < -0.39 is 0 Å². The van der Waals surface area contributed by atoms with Crippen LogP contribution in [0.3, 0.4) is 0 Å². The lowest BCUT2D eigenvalue weighted by molar-refractivity contribution is -0.117. The molecular formula is C10H13N3O2.